The van der Waals surface area contributed by atoms with Gasteiger partial charge in [-0.25, -0.2) is 0 Å². The maximum Gasteiger partial charge on any atom is 0.0373 e. The summed E-state index contributed by atoms with van der Waals surface area (Å²) in [6, 6.07) is 18.0. The molecular formula is C19H22BrN. The zero-order chi connectivity index (χ0) is 14.7. The topological polar surface area (TPSA) is 12.0 Å². The summed E-state index contributed by atoms with van der Waals surface area (Å²) >= 11 is 3.54. The van der Waals surface area contributed by atoms with Gasteiger partial charge in [-0.2, -0.15) is 0 Å². The number of nitrogens with one attached hydrogen (secondary N) is 1. The van der Waals surface area contributed by atoms with Gasteiger partial charge in [0.1, 0.15) is 0 Å². The van der Waals surface area contributed by atoms with Crippen molar-refractivity contribution in [2.45, 2.75) is 44.6 Å². The second-order valence-electron chi connectivity index (χ2n) is 6.01. The van der Waals surface area contributed by atoms with E-state index in [1.165, 1.54) is 42.5 Å². The fourth-order valence-corrected chi connectivity index (χ4v) is 3.87. The first-order chi connectivity index (χ1) is 10.2. The van der Waals surface area contributed by atoms with Crippen molar-refractivity contribution >= 4 is 21.6 Å². The van der Waals surface area contributed by atoms with Gasteiger partial charge in [0, 0.05) is 22.1 Å². The zero-order valence-electron chi connectivity index (χ0n) is 12.5. The minimum Gasteiger partial charge on any atom is -0.381 e. The van der Waals surface area contributed by atoms with Crippen LogP contribution in [0.4, 0.5) is 5.69 Å². The van der Waals surface area contributed by atoms with Crippen LogP contribution in [0.15, 0.2) is 53.0 Å². The minimum absolute atomic E-state index is 0.543. The van der Waals surface area contributed by atoms with Crippen LogP contribution < -0.4 is 5.32 Å². The van der Waals surface area contributed by atoms with Crippen LogP contribution in [0.5, 0.6) is 0 Å². The lowest BCUT2D eigenvalue weighted by atomic mass is 9.80. The van der Waals surface area contributed by atoms with Gasteiger partial charge in [-0.3, -0.25) is 0 Å². The minimum atomic E-state index is 0.543. The molecule has 1 N–H and O–H groups in total. The van der Waals surface area contributed by atoms with Gasteiger partial charge in [0.15, 0.2) is 0 Å². The van der Waals surface area contributed by atoms with E-state index in [9.17, 15) is 0 Å². The normalized spacial score (nSPS) is 22.0. The molecule has 0 amide bonds. The molecule has 0 heterocycles. The van der Waals surface area contributed by atoms with Crippen LogP contribution in [0.3, 0.4) is 0 Å². The van der Waals surface area contributed by atoms with E-state index in [-0.39, 0.29) is 0 Å². The van der Waals surface area contributed by atoms with Crippen molar-refractivity contribution in [1.82, 2.24) is 0 Å². The van der Waals surface area contributed by atoms with Crippen LogP contribution >= 0.6 is 15.9 Å². The fourth-order valence-electron chi connectivity index (χ4n) is 3.39. The van der Waals surface area contributed by atoms with E-state index in [1.54, 1.807) is 0 Å². The Morgan fingerprint density at radius 1 is 1.00 bits per heavy atom. The molecule has 110 valence electrons. The van der Waals surface area contributed by atoms with E-state index in [2.05, 4.69) is 76.7 Å². The molecule has 0 aromatic heterocycles. The predicted molar refractivity (Wildman–Crippen MR) is 93.9 cm³/mol. The number of hydrogen-bond acceptors (Lipinski definition) is 1. The molecule has 0 saturated heterocycles. The Morgan fingerprint density at radius 2 is 1.76 bits per heavy atom. The molecule has 2 aromatic carbocycles. The van der Waals surface area contributed by atoms with Crippen molar-refractivity contribution in [3.63, 3.8) is 0 Å². The molecule has 0 radical (unpaired) electrons. The first-order valence-corrected chi connectivity index (χ1v) is 8.61. The molecule has 1 saturated carbocycles. The van der Waals surface area contributed by atoms with Crippen LogP contribution in [0.2, 0.25) is 0 Å². The summed E-state index contributed by atoms with van der Waals surface area (Å²) in [5.74, 6) is 0.628. The summed E-state index contributed by atoms with van der Waals surface area (Å²) in [5.41, 5.74) is 4.05. The molecule has 21 heavy (non-hydrogen) atoms. The van der Waals surface area contributed by atoms with Gasteiger partial charge in [-0.1, -0.05) is 59.1 Å². The molecular weight excluding hydrogens is 322 g/mol. The second-order valence-corrected chi connectivity index (χ2v) is 6.93. The van der Waals surface area contributed by atoms with E-state index in [1.807, 2.05) is 0 Å². The van der Waals surface area contributed by atoms with Crippen LogP contribution in [0.1, 0.15) is 42.7 Å². The molecule has 2 unspecified atom stereocenters. The summed E-state index contributed by atoms with van der Waals surface area (Å²) in [7, 11) is 0. The number of halogens is 1. The molecule has 2 atom stereocenters. The van der Waals surface area contributed by atoms with Crippen molar-refractivity contribution in [3.05, 3.63) is 64.1 Å². The molecule has 1 nitrogen and oxygen atoms in total. The Morgan fingerprint density at radius 3 is 2.52 bits per heavy atom. The molecule has 2 aromatic rings. The van der Waals surface area contributed by atoms with Gasteiger partial charge in [0.25, 0.3) is 0 Å². The van der Waals surface area contributed by atoms with E-state index in [4.69, 9.17) is 0 Å². The number of rotatable bonds is 3. The van der Waals surface area contributed by atoms with Crippen LogP contribution in [0, 0.1) is 6.92 Å². The molecule has 0 aliphatic heterocycles. The SMILES string of the molecule is Cc1cc(Br)ccc1NC1CCCCC1c1ccccc1. The van der Waals surface area contributed by atoms with Gasteiger partial charge in [0.2, 0.25) is 0 Å². The molecule has 1 fully saturated rings. The first kappa shape index (κ1) is 14.6. The Kier molecular flexibility index (Phi) is 4.64. The summed E-state index contributed by atoms with van der Waals surface area (Å²) in [6.45, 7) is 2.17. The molecule has 0 bridgehead atoms. The third-order valence-electron chi connectivity index (χ3n) is 4.52. The summed E-state index contributed by atoms with van der Waals surface area (Å²) in [5, 5.41) is 3.80. The maximum atomic E-state index is 3.80. The Hall–Kier alpha value is -1.28. The number of hydrogen-bond donors (Lipinski definition) is 1. The quantitative estimate of drug-likeness (QED) is 0.731. The lowest BCUT2D eigenvalue weighted by Crippen LogP contribution is -2.30. The van der Waals surface area contributed by atoms with E-state index in [0.29, 0.717) is 12.0 Å². The lowest BCUT2D eigenvalue weighted by Gasteiger charge is -2.34. The molecule has 1 aliphatic carbocycles. The first-order valence-electron chi connectivity index (χ1n) is 7.81. The molecule has 3 rings (SSSR count). The van der Waals surface area contributed by atoms with Gasteiger partial charge in [-0.15, -0.1) is 0 Å². The number of anilines is 1. The van der Waals surface area contributed by atoms with Gasteiger partial charge in [-0.05, 0) is 49.1 Å². The summed E-state index contributed by atoms with van der Waals surface area (Å²) < 4.78 is 1.15. The third-order valence-corrected chi connectivity index (χ3v) is 5.02. The van der Waals surface area contributed by atoms with Gasteiger partial charge in [0.05, 0.1) is 0 Å². The average Bonchev–Trinajstić information content (AvgIpc) is 2.51. The molecule has 2 heteroatoms. The molecule has 0 spiro atoms. The smallest absolute Gasteiger partial charge is 0.0373 e. The van der Waals surface area contributed by atoms with Crippen LogP contribution in [-0.2, 0) is 0 Å². The highest BCUT2D eigenvalue weighted by atomic mass is 79.9. The van der Waals surface area contributed by atoms with Crippen LogP contribution in [0.25, 0.3) is 0 Å². The van der Waals surface area contributed by atoms with E-state index >= 15 is 0 Å². The van der Waals surface area contributed by atoms with Gasteiger partial charge >= 0.3 is 0 Å². The fraction of sp³-hybridized carbons (Fsp3) is 0.368. The Balaban J connectivity index is 1.81. The van der Waals surface area contributed by atoms with Crippen molar-refractivity contribution in [2.24, 2.45) is 0 Å². The zero-order valence-corrected chi connectivity index (χ0v) is 14.1. The largest absolute Gasteiger partial charge is 0.381 e. The highest BCUT2D eigenvalue weighted by Crippen LogP contribution is 2.35. The number of benzene rings is 2. The standard InChI is InChI=1S/C19H22BrN/c1-14-13-16(20)11-12-18(14)21-19-10-6-5-9-17(19)15-7-3-2-4-8-15/h2-4,7-8,11-13,17,19,21H,5-6,9-10H2,1H3. The van der Waals surface area contributed by atoms with E-state index in [0.717, 1.165) is 4.47 Å². The molecule has 1 aliphatic rings. The Bertz CT molecular complexity index is 594. The third kappa shape index (κ3) is 3.49. The van der Waals surface area contributed by atoms with Crippen molar-refractivity contribution in [2.75, 3.05) is 5.32 Å². The Labute approximate surface area is 135 Å². The predicted octanol–water partition coefficient (Wildman–Crippen LogP) is 5.90. The van der Waals surface area contributed by atoms with E-state index < -0.39 is 0 Å². The summed E-state index contributed by atoms with van der Waals surface area (Å²) in [6.07, 6.45) is 5.22. The number of aryl methyl sites for hydroxylation is 1. The monoisotopic (exact) mass is 343 g/mol. The van der Waals surface area contributed by atoms with Crippen molar-refractivity contribution in [3.8, 4) is 0 Å². The van der Waals surface area contributed by atoms with Gasteiger partial charge < -0.3 is 5.32 Å². The second kappa shape index (κ2) is 6.65. The lowest BCUT2D eigenvalue weighted by molar-refractivity contribution is 0.405. The summed E-state index contributed by atoms with van der Waals surface area (Å²) in [4.78, 5) is 0. The highest BCUT2D eigenvalue weighted by Gasteiger charge is 2.26. The van der Waals surface area contributed by atoms with Crippen molar-refractivity contribution < 1.29 is 0 Å². The van der Waals surface area contributed by atoms with Crippen LogP contribution in [-0.4, -0.2) is 6.04 Å². The average molecular weight is 344 g/mol. The highest BCUT2D eigenvalue weighted by molar-refractivity contribution is 9.10. The maximum absolute atomic E-state index is 3.80. The van der Waals surface area contributed by atoms with Crippen molar-refractivity contribution in [1.29, 1.82) is 0 Å².